The molecule has 0 bridgehead atoms. The van der Waals surface area contributed by atoms with Crippen molar-refractivity contribution in [2.75, 3.05) is 19.8 Å². The van der Waals surface area contributed by atoms with Gasteiger partial charge in [0.1, 0.15) is 11.2 Å². The van der Waals surface area contributed by atoms with E-state index in [1.807, 2.05) is 0 Å². The first-order valence-corrected chi connectivity index (χ1v) is 16.3. The number of ether oxygens (including phenoxy) is 3. The summed E-state index contributed by atoms with van der Waals surface area (Å²) in [4.78, 5) is 24.3. The molecular weight excluding hydrogens is 646 g/mol. The van der Waals surface area contributed by atoms with Crippen LogP contribution in [-0.2, 0) is 53.0 Å². The average molecular weight is 690 g/mol. The van der Waals surface area contributed by atoms with Crippen LogP contribution in [0.1, 0.15) is 76.2 Å². The summed E-state index contributed by atoms with van der Waals surface area (Å²) in [6.45, 7) is 11.6. The van der Waals surface area contributed by atoms with Gasteiger partial charge < -0.3 is 44.0 Å². The zero-order chi connectivity index (χ0) is 35.7. The minimum Gasteiger partial charge on any atom is -0.726 e. The number of amides is 1. The summed E-state index contributed by atoms with van der Waals surface area (Å²) in [5, 5.41) is 36.1. The van der Waals surface area contributed by atoms with Crippen molar-refractivity contribution in [1.82, 2.24) is 5.32 Å². The van der Waals surface area contributed by atoms with E-state index in [2.05, 4.69) is 9.50 Å². The third-order valence-electron chi connectivity index (χ3n) is 10.4. The monoisotopic (exact) mass is 689 g/mol. The van der Waals surface area contributed by atoms with E-state index in [0.29, 0.717) is 0 Å². The van der Waals surface area contributed by atoms with E-state index >= 15 is 0 Å². The number of carbonyl (C=O) groups excluding carboxylic acids is 1. The molecule has 0 aromatic carbocycles. The van der Waals surface area contributed by atoms with Crippen molar-refractivity contribution in [3.8, 4) is 0 Å². The number of rotatable bonds is 11. The topological polar surface area (TPSA) is 267 Å². The minimum atomic E-state index is -5.56. The first kappa shape index (κ1) is 39.2. The molecule has 0 spiro atoms. The highest BCUT2D eigenvalue weighted by atomic mass is 32.3. The Morgan fingerprint density at radius 2 is 1.38 bits per heavy atom. The Bertz CT molecular complexity index is 1470. The molecule has 0 aliphatic carbocycles. The predicted molar refractivity (Wildman–Crippen MR) is 151 cm³/mol. The zero-order valence-corrected chi connectivity index (χ0v) is 28.7. The summed E-state index contributed by atoms with van der Waals surface area (Å²) in [5.74, 6) is -2.99. The molecule has 0 radical (unpaired) electrons. The molecule has 7 unspecified atom stereocenters. The first-order valence-electron chi connectivity index (χ1n) is 13.6. The van der Waals surface area contributed by atoms with Crippen LogP contribution in [0.25, 0.3) is 0 Å². The largest absolute Gasteiger partial charge is 0.726 e. The van der Waals surface area contributed by atoms with Gasteiger partial charge in [-0.15, -0.1) is 0 Å². The average Bonchev–Trinajstić information content (AvgIpc) is 2.81. The van der Waals surface area contributed by atoms with E-state index in [4.69, 9.17) is 18.4 Å². The van der Waals surface area contributed by atoms with Crippen molar-refractivity contribution in [3.05, 3.63) is 11.3 Å². The number of hydrogen-bond acceptors (Lipinski definition) is 15. The number of carboxylic acid groups (broad SMARTS) is 1. The normalized spacial score (nSPS) is 40.5. The summed E-state index contributed by atoms with van der Waals surface area (Å²) < 4.78 is 97.2. The number of carbonyl (C=O) groups is 2. The summed E-state index contributed by atoms with van der Waals surface area (Å²) in [5.41, 5.74) is -16.5. The van der Waals surface area contributed by atoms with Crippen LogP contribution in [0.3, 0.4) is 0 Å². The lowest BCUT2D eigenvalue weighted by molar-refractivity contribution is -0.353. The predicted octanol–water partition coefficient (Wildman–Crippen LogP) is -0.167. The minimum absolute atomic E-state index is 0.369. The Balaban J connectivity index is 2.73. The highest BCUT2D eigenvalue weighted by Gasteiger charge is 2.74. The van der Waals surface area contributed by atoms with Gasteiger partial charge in [-0.3, -0.25) is 13.2 Å². The molecule has 2 rings (SSSR count). The van der Waals surface area contributed by atoms with Crippen LogP contribution in [0.2, 0.25) is 0 Å². The van der Waals surface area contributed by atoms with Crippen LogP contribution in [0.5, 0.6) is 0 Å². The van der Waals surface area contributed by atoms with Gasteiger partial charge in [-0.1, -0.05) is 6.92 Å². The fourth-order valence-corrected chi connectivity index (χ4v) is 7.53. The maximum Gasteiger partial charge on any atom is 0.371 e. The van der Waals surface area contributed by atoms with Crippen LogP contribution in [-0.4, -0.2) is 112 Å². The van der Waals surface area contributed by atoms with Gasteiger partial charge in [0.25, 0.3) is 0 Å². The van der Waals surface area contributed by atoms with Gasteiger partial charge in [0.2, 0.25) is 32.5 Å². The molecule has 1 fully saturated rings. The Labute approximate surface area is 263 Å². The molecule has 262 valence electrons. The molecule has 0 saturated carbocycles. The lowest BCUT2D eigenvalue weighted by atomic mass is 9.51. The summed E-state index contributed by atoms with van der Waals surface area (Å²) >= 11 is 0. The van der Waals surface area contributed by atoms with Gasteiger partial charge in [0.05, 0.1) is 42.0 Å². The second-order valence-electron chi connectivity index (χ2n) is 13.4. The van der Waals surface area contributed by atoms with Gasteiger partial charge in [-0.25, -0.2) is 21.6 Å². The summed E-state index contributed by atoms with van der Waals surface area (Å²) in [6, 6.07) is 0. The van der Waals surface area contributed by atoms with Crippen LogP contribution in [0.15, 0.2) is 11.3 Å². The van der Waals surface area contributed by atoms with Crippen molar-refractivity contribution in [2.24, 2.45) is 5.41 Å². The van der Waals surface area contributed by atoms with E-state index < -0.39 is 103 Å². The van der Waals surface area contributed by atoms with Crippen molar-refractivity contribution in [3.63, 3.8) is 0 Å². The van der Waals surface area contributed by atoms with Crippen molar-refractivity contribution in [2.45, 2.75) is 115 Å². The molecule has 1 saturated heterocycles. The standard InChI is InChI=1S/C26H45NO16S2/c1-15-17(18(29)30)41-22(7,26(11,23(15,8)31)43-45(36,37)38)13-39-12-20(5)21(6,14-40-44(33,34)35)42-19(3,4)24(9,25(20,10)32)27-16(2)28/h31-32H,12-14H2,1-11H3,(H,27,28)(H,29,30)(H,33,34,35)(H,36,37,38)/p-2. The maximum absolute atomic E-state index is 12.3. The Kier molecular flexibility index (Phi) is 9.89. The van der Waals surface area contributed by atoms with Crippen LogP contribution >= 0.6 is 0 Å². The number of carboxylic acids is 1. The molecule has 2 heterocycles. The fourth-order valence-electron chi connectivity index (χ4n) is 6.41. The zero-order valence-electron chi connectivity index (χ0n) is 27.1. The van der Waals surface area contributed by atoms with Crippen LogP contribution in [0.4, 0.5) is 0 Å². The van der Waals surface area contributed by atoms with Gasteiger partial charge in [0.15, 0.2) is 11.2 Å². The van der Waals surface area contributed by atoms with Gasteiger partial charge in [-0.2, -0.15) is 0 Å². The van der Waals surface area contributed by atoms with Gasteiger partial charge in [-0.05, 0) is 62.3 Å². The fraction of sp³-hybridized carbons (Fsp3) is 0.846. The molecule has 7 atom stereocenters. The molecule has 4 N–H and O–H groups in total. The smallest absolute Gasteiger partial charge is 0.371 e. The van der Waals surface area contributed by atoms with E-state index in [1.165, 1.54) is 48.5 Å². The molecule has 2 aliphatic heterocycles. The van der Waals surface area contributed by atoms with E-state index in [0.717, 1.165) is 27.7 Å². The van der Waals surface area contributed by atoms with E-state index in [-0.39, 0.29) is 5.57 Å². The SMILES string of the molecule is CC(=O)NC1(C)C(C)(C)OC(C)(COS(=O)(=O)[O-])C(C)(COCC2(C)OC(C(=O)O)=C(C)C(C)(O)C2(C)OS(=O)(=O)[O-])C1(C)O. The number of aliphatic hydroxyl groups is 2. The second kappa shape index (κ2) is 11.3. The lowest BCUT2D eigenvalue weighted by Gasteiger charge is -2.69. The first-order chi connectivity index (χ1) is 19.7. The number of hydrogen-bond donors (Lipinski definition) is 4. The van der Waals surface area contributed by atoms with Crippen molar-refractivity contribution in [1.29, 1.82) is 0 Å². The van der Waals surface area contributed by atoms with Gasteiger partial charge in [0, 0.05) is 12.5 Å². The maximum atomic E-state index is 12.3. The quantitative estimate of drug-likeness (QED) is 0.162. The number of nitrogens with one attached hydrogen (secondary N) is 1. The second-order valence-corrected chi connectivity index (χ2v) is 15.4. The lowest BCUT2D eigenvalue weighted by Crippen LogP contribution is -2.85. The molecule has 0 aromatic rings. The molecule has 0 aromatic heterocycles. The van der Waals surface area contributed by atoms with Crippen molar-refractivity contribution >= 4 is 32.7 Å². The Morgan fingerprint density at radius 1 is 0.867 bits per heavy atom. The molecule has 1 amide bonds. The third kappa shape index (κ3) is 6.35. The highest BCUT2D eigenvalue weighted by molar-refractivity contribution is 7.81. The van der Waals surface area contributed by atoms with Gasteiger partial charge >= 0.3 is 5.97 Å². The van der Waals surface area contributed by atoms with Crippen LogP contribution in [0, 0.1) is 5.41 Å². The van der Waals surface area contributed by atoms with Crippen molar-refractivity contribution < 1.29 is 73.4 Å². The molecule has 19 heteroatoms. The van der Waals surface area contributed by atoms with E-state index in [1.54, 1.807) is 0 Å². The Hall–Kier alpha value is -1.94. The Morgan fingerprint density at radius 3 is 1.80 bits per heavy atom. The molecule has 17 nitrogen and oxygen atoms in total. The molecule has 2 aliphatic rings. The molecular formula is C26H43NO16S2-2. The third-order valence-corrected chi connectivity index (χ3v) is 11.3. The van der Waals surface area contributed by atoms with Crippen LogP contribution < -0.4 is 5.32 Å². The summed E-state index contributed by atoms with van der Waals surface area (Å²) in [7, 11) is -10.8. The highest BCUT2D eigenvalue weighted by Crippen LogP contribution is 2.59. The molecule has 45 heavy (non-hydrogen) atoms. The summed E-state index contributed by atoms with van der Waals surface area (Å²) in [6.07, 6.45) is 0. The van der Waals surface area contributed by atoms with E-state index in [9.17, 15) is 50.8 Å². The number of aliphatic carboxylic acids is 1.